The van der Waals surface area contributed by atoms with Gasteiger partial charge in [-0.2, -0.15) is 0 Å². The first kappa shape index (κ1) is 17.6. The Balaban J connectivity index is 1.94. The van der Waals surface area contributed by atoms with Crippen LogP contribution in [0, 0.1) is 11.7 Å². The quantitative estimate of drug-likeness (QED) is 0.612. The summed E-state index contributed by atoms with van der Waals surface area (Å²) in [5, 5.41) is 0. The minimum atomic E-state index is -0.649. The van der Waals surface area contributed by atoms with E-state index in [9.17, 15) is 14.0 Å². The van der Waals surface area contributed by atoms with Crippen molar-refractivity contribution >= 4 is 23.1 Å². The number of ether oxygens (including phenoxy) is 1. The summed E-state index contributed by atoms with van der Waals surface area (Å²) in [6.45, 7) is 5.79. The van der Waals surface area contributed by atoms with E-state index < -0.39 is 17.4 Å². The summed E-state index contributed by atoms with van der Waals surface area (Å²) in [6, 6.07) is 4.59. The van der Waals surface area contributed by atoms with Crippen molar-refractivity contribution in [3.8, 4) is 0 Å². The van der Waals surface area contributed by atoms with Crippen LogP contribution < -0.4 is 4.90 Å². The van der Waals surface area contributed by atoms with Crippen molar-refractivity contribution in [2.75, 3.05) is 11.4 Å². The van der Waals surface area contributed by atoms with Gasteiger partial charge < -0.3 is 9.64 Å². The van der Waals surface area contributed by atoms with Crippen LogP contribution in [0.1, 0.15) is 52.0 Å². The third-order valence-electron chi connectivity index (χ3n) is 4.61. The molecule has 1 saturated carbocycles. The lowest BCUT2D eigenvalue weighted by Crippen LogP contribution is -2.32. The number of carbonyl (C=O) groups is 2. The molecule has 25 heavy (non-hydrogen) atoms. The molecule has 0 unspecified atom stereocenters. The molecule has 5 heteroatoms. The standard InChI is InChI=1S/C20H24FNO3/c1-20(2,3)25-17(23)11-15-14-9-6-10-16(21)18(14)22(19(15)24)12-13-7-4-5-8-13/h6,9-11,13H,4-5,7-8,12H2,1-3H3. The summed E-state index contributed by atoms with van der Waals surface area (Å²) in [5.41, 5.74) is 0.314. The number of esters is 1. The van der Waals surface area contributed by atoms with Gasteiger partial charge in [0.05, 0.1) is 11.3 Å². The van der Waals surface area contributed by atoms with Crippen LogP contribution in [0.3, 0.4) is 0 Å². The molecule has 0 radical (unpaired) electrons. The third-order valence-corrected chi connectivity index (χ3v) is 4.61. The molecule has 0 aromatic heterocycles. The van der Waals surface area contributed by atoms with Gasteiger partial charge in [0.25, 0.3) is 5.91 Å². The molecule has 0 N–H and O–H groups in total. The van der Waals surface area contributed by atoms with E-state index in [0.717, 1.165) is 25.7 Å². The number of halogens is 1. The Hall–Kier alpha value is -2.17. The topological polar surface area (TPSA) is 46.6 Å². The van der Waals surface area contributed by atoms with Gasteiger partial charge in [-0.25, -0.2) is 9.18 Å². The van der Waals surface area contributed by atoms with Crippen LogP contribution in [-0.2, 0) is 14.3 Å². The van der Waals surface area contributed by atoms with Crippen molar-refractivity contribution in [2.45, 2.75) is 52.1 Å². The van der Waals surface area contributed by atoms with E-state index in [1.807, 2.05) is 0 Å². The summed E-state index contributed by atoms with van der Waals surface area (Å²) in [7, 11) is 0. The minimum Gasteiger partial charge on any atom is -0.457 e. The molecular weight excluding hydrogens is 321 g/mol. The Kier molecular flexibility index (Phi) is 4.67. The minimum absolute atomic E-state index is 0.210. The number of para-hydroxylation sites is 1. The lowest BCUT2D eigenvalue weighted by molar-refractivity contribution is -0.148. The van der Waals surface area contributed by atoms with Crippen molar-refractivity contribution in [3.05, 3.63) is 35.7 Å². The number of hydrogen-bond donors (Lipinski definition) is 0. The second-order valence-corrected chi connectivity index (χ2v) is 7.79. The van der Waals surface area contributed by atoms with E-state index in [-0.39, 0.29) is 17.2 Å². The van der Waals surface area contributed by atoms with Crippen LogP contribution in [0.5, 0.6) is 0 Å². The molecule has 134 valence electrons. The van der Waals surface area contributed by atoms with Crippen LogP contribution in [0.4, 0.5) is 10.1 Å². The van der Waals surface area contributed by atoms with Crippen LogP contribution in [-0.4, -0.2) is 24.0 Å². The Morgan fingerprint density at radius 2 is 2.00 bits per heavy atom. The summed E-state index contributed by atoms with van der Waals surface area (Å²) in [6.07, 6.45) is 5.60. The Bertz CT molecular complexity index is 727. The number of fused-ring (bicyclic) bond motifs is 1. The number of rotatable bonds is 3. The second kappa shape index (κ2) is 6.62. The van der Waals surface area contributed by atoms with Crippen molar-refractivity contribution < 1.29 is 18.7 Å². The fourth-order valence-corrected chi connectivity index (χ4v) is 3.58. The molecule has 0 atom stereocenters. The Morgan fingerprint density at radius 3 is 2.64 bits per heavy atom. The lowest BCUT2D eigenvalue weighted by atomic mass is 10.1. The Labute approximate surface area is 147 Å². The summed E-state index contributed by atoms with van der Waals surface area (Å²) in [5.74, 6) is -0.958. The first-order valence-corrected chi connectivity index (χ1v) is 8.82. The lowest BCUT2D eigenvalue weighted by Gasteiger charge is -2.21. The van der Waals surface area contributed by atoms with Gasteiger partial charge >= 0.3 is 5.97 Å². The molecular formula is C20H24FNO3. The van der Waals surface area contributed by atoms with Gasteiger partial charge in [0.15, 0.2) is 0 Å². The molecule has 1 heterocycles. The van der Waals surface area contributed by atoms with Crippen molar-refractivity contribution in [1.29, 1.82) is 0 Å². The zero-order valence-corrected chi connectivity index (χ0v) is 15.0. The van der Waals surface area contributed by atoms with E-state index >= 15 is 0 Å². The average molecular weight is 345 g/mol. The highest BCUT2D eigenvalue weighted by molar-refractivity contribution is 6.34. The largest absolute Gasteiger partial charge is 0.457 e. The molecule has 1 amide bonds. The van der Waals surface area contributed by atoms with Crippen molar-refractivity contribution in [2.24, 2.45) is 5.92 Å². The maximum absolute atomic E-state index is 14.4. The smallest absolute Gasteiger partial charge is 0.332 e. The van der Waals surface area contributed by atoms with Crippen LogP contribution in [0.15, 0.2) is 24.3 Å². The summed E-state index contributed by atoms with van der Waals surface area (Å²) in [4.78, 5) is 26.5. The van der Waals surface area contributed by atoms with Crippen LogP contribution in [0.25, 0.3) is 5.57 Å². The molecule has 2 aliphatic rings. The highest BCUT2D eigenvalue weighted by atomic mass is 19.1. The first-order chi connectivity index (χ1) is 11.8. The zero-order chi connectivity index (χ0) is 18.2. The molecule has 0 saturated heterocycles. The van der Waals surface area contributed by atoms with E-state index in [2.05, 4.69) is 0 Å². The monoisotopic (exact) mass is 345 g/mol. The third kappa shape index (κ3) is 3.75. The van der Waals surface area contributed by atoms with E-state index in [0.29, 0.717) is 18.0 Å². The molecule has 1 fully saturated rings. The van der Waals surface area contributed by atoms with Crippen molar-refractivity contribution in [3.63, 3.8) is 0 Å². The van der Waals surface area contributed by atoms with Gasteiger partial charge in [-0.15, -0.1) is 0 Å². The molecule has 1 aliphatic heterocycles. The molecule has 1 aromatic carbocycles. The van der Waals surface area contributed by atoms with E-state index in [4.69, 9.17) is 4.74 Å². The molecule has 3 rings (SSSR count). The summed E-state index contributed by atoms with van der Waals surface area (Å²) < 4.78 is 19.7. The highest BCUT2D eigenvalue weighted by Crippen LogP contribution is 2.40. The van der Waals surface area contributed by atoms with Crippen LogP contribution in [0.2, 0.25) is 0 Å². The van der Waals surface area contributed by atoms with Gasteiger partial charge in [0, 0.05) is 18.2 Å². The predicted molar refractivity (Wildman–Crippen MR) is 94.5 cm³/mol. The van der Waals surface area contributed by atoms with Gasteiger partial charge in [0.2, 0.25) is 0 Å². The van der Waals surface area contributed by atoms with E-state index in [1.54, 1.807) is 32.9 Å². The summed E-state index contributed by atoms with van der Waals surface area (Å²) >= 11 is 0. The Morgan fingerprint density at radius 1 is 1.32 bits per heavy atom. The SMILES string of the molecule is CC(C)(C)OC(=O)C=C1C(=O)N(CC2CCCC2)c2c(F)cccc21. The number of amides is 1. The molecule has 4 nitrogen and oxygen atoms in total. The molecule has 1 aromatic rings. The fraction of sp³-hybridized carbons (Fsp3) is 0.500. The second-order valence-electron chi connectivity index (χ2n) is 7.79. The maximum atomic E-state index is 14.4. The average Bonchev–Trinajstić information content (AvgIpc) is 3.09. The van der Waals surface area contributed by atoms with Gasteiger partial charge in [0.1, 0.15) is 11.4 Å². The van der Waals surface area contributed by atoms with Crippen molar-refractivity contribution in [1.82, 2.24) is 0 Å². The number of carbonyl (C=O) groups excluding carboxylic acids is 2. The maximum Gasteiger partial charge on any atom is 0.332 e. The van der Waals surface area contributed by atoms with Gasteiger partial charge in [-0.1, -0.05) is 25.0 Å². The number of nitrogens with zero attached hydrogens (tertiary/aromatic N) is 1. The fourth-order valence-electron chi connectivity index (χ4n) is 3.58. The molecule has 0 bridgehead atoms. The normalized spacial score (nSPS) is 19.6. The van der Waals surface area contributed by atoms with Gasteiger partial charge in [-0.05, 0) is 45.6 Å². The molecule has 1 aliphatic carbocycles. The predicted octanol–water partition coefficient (Wildman–Crippen LogP) is 4.09. The number of hydrogen-bond acceptors (Lipinski definition) is 3. The first-order valence-electron chi connectivity index (χ1n) is 8.82. The van der Waals surface area contributed by atoms with Gasteiger partial charge in [-0.3, -0.25) is 4.79 Å². The van der Waals surface area contributed by atoms with E-state index in [1.165, 1.54) is 17.0 Å². The molecule has 0 spiro atoms. The highest BCUT2D eigenvalue weighted by Gasteiger charge is 2.37. The van der Waals surface area contributed by atoms with Crippen LogP contribution >= 0.6 is 0 Å². The zero-order valence-electron chi connectivity index (χ0n) is 15.0. The number of benzene rings is 1. The number of anilines is 1.